The number of hydrogen-bond donors (Lipinski definition) is 2. The zero-order valence-electron chi connectivity index (χ0n) is 11.1. The van der Waals surface area contributed by atoms with Gasteiger partial charge in [0.1, 0.15) is 5.75 Å². The minimum absolute atomic E-state index is 0.142. The van der Waals surface area contributed by atoms with Gasteiger partial charge in [-0.2, -0.15) is 0 Å². The van der Waals surface area contributed by atoms with E-state index in [4.69, 9.17) is 9.47 Å². The minimum atomic E-state index is -0.267. The number of nitrogens with one attached hydrogen (secondary N) is 2. The molecule has 0 aliphatic carbocycles. The first-order chi connectivity index (χ1) is 8.63. The molecule has 0 aliphatic rings. The number of methoxy groups -OCH3 is 1. The number of rotatable bonds is 6. The standard InChI is InChI=1S/C13H20N2O3/c1-10-4-5-12(11(2)8-10)18-9-15-13(16)14-6-7-17-3/h4-5,8H,6-7,9H2,1-3H3,(H2,14,15,16). The zero-order chi connectivity index (χ0) is 13.4. The number of amides is 2. The summed E-state index contributed by atoms with van der Waals surface area (Å²) in [5, 5.41) is 5.24. The molecular formula is C13H20N2O3. The second-order valence-corrected chi connectivity index (χ2v) is 3.98. The molecule has 1 rings (SSSR count). The van der Waals surface area contributed by atoms with Crippen LogP contribution in [-0.4, -0.2) is 33.0 Å². The predicted molar refractivity (Wildman–Crippen MR) is 69.8 cm³/mol. The van der Waals surface area contributed by atoms with Crippen LogP contribution in [0.4, 0.5) is 4.79 Å². The van der Waals surface area contributed by atoms with Gasteiger partial charge in [0.05, 0.1) is 6.61 Å². The van der Waals surface area contributed by atoms with Gasteiger partial charge in [-0.1, -0.05) is 17.7 Å². The van der Waals surface area contributed by atoms with E-state index >= 15 is 0 Å². The SMILES string of the molecule is COCCNC(=O)NCOc1ccc(C)cc1C. The van der Waals surface area contributed by atoms with E-state index in [1.165, 1.54) is 5.56 Å². The molecule has 2 amide bonds. The van der Waals surface area contributed by atoms with Crippen LogP contribution < -0.4 is 15.4 Å². The highest BCUT2D eigenvalue weighted by atomic mass is 16.5. The van der Waals surface area contributed by atoms with Gasteiger partial charge in [0.15, 0.2) is 6.73 Å². The average Bonchev–Trinajstić information content (AvgIpc) is 2.32. The van der Waals surface area contributed by atoms with Crippen molar-refractivity contribution < 1.29 is 14.3 Å². The normalized spacial score (nSPS) is 9.94. The Morgan fingerprint density at radius 1 is 1.28 bits per heavy atom. The van der Waals surface area contributed by atoms with Crippen molar-refractivity contribution in [1.29, 1.82) is 0 Å². The monoisotopic (exact) mass is 252 g/mol. The fraction of sp³-hybridized carbons (Fsp3) is 0.462. The van der Waals surface area contributed by atoms with Crippen LogP contribution in [0.3, 0.4) is 0 Å². The van der Waals surface area contributed by atoms with Gasteiger partial charge in [0.2, 0.25) is 0 Å². The molecule has 0 atom stereocenters. The molecular weight excluding hydrogens is 232 g/mol. The number of aryl methyl sites for hydroxylation is 2. The third-order valence-electron chi connectivity index (χ3n) is 2.38. The molecule has 0 aliphatic heterocycles. The Morgan fingerprint density at radius 3 is 2.72 bits per heavy atom. The summed E-state index contributed by atoms with van der Waals surface area (Å²) in [4.78, 5) is 11.3. The number of urea groups is 1. The quantitative estimate of drug-likeness (QED) is 0.597. The van der Waals surface area contributed by atoms with E-state index in [9.17, 15) is 4.79 Å². The first kappa shape index (κ1) is 14.3. The number of carbonyl (C=O) groups excluding carboxylic acids is 1. The van der Waals surface area contributed by atoms with Gasteiger partial charge in [-0.05, 0) is 25.5 Å². The van der Waals surface area contributed by atoms with E-state index < -0.39 is 0 Å². The van der Waals surface area contributed by atoms with E-state index in [1.807, 2.05) is 32.0 Å². The molecule has 0 heterocycles. The van der Waals surface area contributed by atoms with Crippen LogP contribution in [0.15, 0.2) is 18.2 Å². The third-order valence-corrected chi connectivity index (χ3v) is 2.38. The molecule has 5 heteroatoms. The van der Waals surface area contributed by atoms with Gasteiger partial charge in [0.25, 0.3) is 0 Å². The maximum absolute atomic E-state index is 11.3. The van der Waals surface area contributed by atoms with Gasteiger partial charge in [0, 0.05) is 13.7 Å². The highest BCUT2D eigenvalue weighted by Gasteiger charge is 2.01. The highest BCUT2D eigenvalue weighted by molar-refractivity contribution is 5.73. The van der Waals surface area contributed by atoms with Crippen LogP contribution in [-0.2, 0) is 4.74 Å². The molecule has 0 fully saturated rings. The average molecular weight is 252 g/mol. The number of benzene rings is 1. The van der Waals surface area contributed by atoms with E-state index in [0.29, 0.717) is 13.2 Å². The minimum Gasteiger partial charge on any atom is -0.473 e. The highest BCUT2D eigenvalue weighted by Crippen LogP contribution is 2.17. The van der Waals surface area contributed by atoms with Gasteiger partial charge in [-0.25, -0.2) is 4.79 Å². The molecule has 5 nitrogen and oxygen atoms in total. The molecule has 1 aromatic rings. The summed E-state index contributed by atoms with van der Waals surface area (Å²) in [7, 11) is 1.59. The van der Waals surface area contributed by atoms with Crippen molar-refractivity contribution in [3.63, 3.8) is 0 Å². The fourth-order valence-electron chi connectivity index (χ4n) is 1.47. The van der Waals surface area contributed by atoms with E-state index in [0.717, 1.165) is 11.3 Å². The Morgan fingerprint density at radius 2 is 2.06 bits per heavy atom. The summed E-state index contributed by atoms with van der Waals surface area (Å²) in [6.07, 6.45) is 0. The van der Waals surface area contributed by atoms with Crippen molar-refractivity contribution in [1.82, 2.24) is 10.6 Å². The van der Waals surface area contributed by atoms with Crippen LogP contribution in [0.5, 0.6) is 5.75 Å². The molecule has 0 saturated carbocycles. The summed E-state index contributed by atoms with van der Waals surface area (Å²) < 4.78 is 10.3. The molecule has 0 aromatic heterocycles. The summed E-state index contributed by atoms with van der Waals surface area (Å²) in [6.45, 7) is 5.11. The van der Waals surface area contributed by atoms with Crippen LogP contribution >= 0.6 is 0 Å². The lowest BCUT2D eigenvalue weighted by Gasteiger charge is -2.11. The molecule has 0 bridgehead atoms. The topological polar surface area (TPSA) is 59.6 Å². The summed E-state index contributed by atoms with van der Waals surface area (Å²) in [6, 6.07) is 5.64. The number of carbonyl (C=O) groups is 1. The number of hydrogen-bond acceptors (Lipinski definition) is 3. The molecule has 0 saturated heterocycles. The molecule has 2 N–H and O–H groups in total. The molecule has 100 valence electrons. The smallest absolute Gasteiger partial charge is 0.317 e. The largest absolute Gasteiger partial charge is 0.473 e. The lowest BCUT2D eigenvalue weighted by atomic mass is 10.1. The van der Waals surface area contributed by atoms with Crippen molar-refractivity contribution in [3.05, 3.63) is 29.3 Å². The van der Waals surface area contributed by atoms with Gasteiger partial charge in [-0.15, -0.1) is 0 Å². The van der Waals surface area contributed by atoms with Crippen molar-refractivity contribution in [2.75, 3.05) is 27.0 Å². The van der Waals surface area contributed by atoms with Crippen molar-refractivity contribution in [2.45, 2.75) is 13.8 Å². The summed E-state index contributed by atoms with van der Waals surface area (Å²) in [5.41, 5.74) is 2.24. The maximum Gasteiger partial charge on any atom is 0.317 e. The van der Waals surface area contributed by atoms with Crippen molar-refractivity contribution in [3.8, 4) is 5.75 Å². The van der Waals surface area contributed by atoms with E-state index in [-0.39, 0.29) is 12.8 Å². The zero-order valence-corrected chi connectivity index (χ0v) is 11.1. The van der Waals surface area contributed by atoms with E-state index in [2.05, 4.69) is 10.6 Å². The van der Waals surface area contributed by atoms with Gasteiger partial charge >= 0.3 is 6.03 Å². The maximum atomic E-state index is 11.3. The Hall–Kier alpha value is -1.75. The third kappa shape index (κ3) is 5.05. The van der Waals surface area contributed by atoms with Crippen LogP contribution in [0.1, 0.15) is 11.1 Å². The Labute approximate surface area is 107 Å². The molecule has 0 unspecified atom stereocenters. The van der Waals surface area contributed by atoms with Crippen LogP contribution in [0.25, 0.3) is 0 Å². The molecule has 1 aromatic carbocycles. The Balaban J connectivity index is 2.26. The molecule has 0 spiro atoms. The molecule has 18 heavy (non-hydrogen) atoms. The first-order valence-electron chi connectivity index (χ1n) is 5.84. The Kier molecular flexibility index (Phi) is 6.00. The van der Waals surface area contributed by atoms with Crippen molar-refractivity contribution >= 4 is 6.03 Å². The van der Waals surface area contributed by atoms with Crippen LogP contribution in [0, 0.1) is 13.8 Å². The van der Waals surface area contributed by atoms with E-state index in [1.54, 1.807) is 7.11 Å². The lowest BCUT2D eigenvalue weighted by molar-refractivity contribution is 0.192. The lowest BCUT2D eigenvalue weighted by Crippen LogP contribution is -2.39. The molecule has 0 radical (unpaired) electrons. The van der Waals surface area contributed by atoms with Crippen LogP contribution in [0.2, 0.25) is 0 Å². The first-order valence-corrected chi connectivity index (χ1v) is 5.84. The second-order valence-electron chi connectivity index (χ2n) is 3.98. The predicted octanol–water partition coefficient (Wildman–Crippen LogP) is 1.59. The van der Waals surface area contributed by atoms with Crippen molar-refractivity contribution in [2.24, 2.45) is 0 Å². The number of ether oxygens (including phenoxy) is 2. The van der Waals surface area contributed by atoms with Gasteiger partial charge in [-0.3, -0.25) is 0 Å². The summed E-state index contributed by atoms with van der Waals surface area (Å²) in [5.74, 6) is 0.776. The van der Waals surface area contributed by atoms with Gasteiger partial charge < -0.3 is 20.1 Å². The summed E-state index contributed by atoms with van der Waals surface area (Å²) >= 11 is 0. The fourth-order valence-corrected chi connectivity index (χ4v) is 1.47. The Bertz CT molecular complexity index is 394. The second kappa shape index (κ2) is 7.55.